The van der Waals surface area contributed by atoms with Crippen LogP contribution in [0.3, 0.4) is 0 Å². The minimum Gasteiger partial charge on any atom is -0.451 e. The van der Waals surface area contributed by atoms with Crippen molar-refractivity contribution in [2.75, 3.05) is 71.0 Å². The number of rotatable bonds is 5. The third-order valence-electron chi connectivity index (χ3n) is 7.86. The lowest BCUT2D eigenvalue weighted by molar-refractivity contribution is 0.0301. The van der Waals surface area contributed by atoms with Gasteiger partial charge in [0.1, 0.15) is 16.8 Å². The zero-order chi connectivity index (χ0) is 27.2. The molecule has 0 unspecified atom stereocenters. The second-order valence-corrected chi connectivity index (χ2v) is 10.3. The summed E-state index contributed by atoms with van der Waals surface area (Å²) in [6, 6.07) is 13.0. The number of aromatic nitrogens is 1. The Morgan fingerprint density at radius 1 is 0.950 bits per heavy atom. The summed E-state index contributed by atoms with van der Waals surface area (Å²) in [5.74, 6) is -0.235. The molecule has 7 rings (SSSR count). The molecular weight excluding hydrogens is 515 g/mol. The first-order chi connectivity index (χ1) is 19.6. The molecule has 1 N–H and O–H groups in total. The number of hydrogen-bond acceptors (Lipinski definition) is 7. The number of carbonyl (C=O) groups is 1. The molecule has 9 nitrogen and oxygen atoms in total. The van der Waals surface area contributed by atoms with Gasteiger partial charge in [0.05, 0.1) is 37.5 Å². The van der Waals surface area contributed by atoms with Gasteiger partial charge in [0.2, 0.25) is 5.43 Å². The largest absolute Gasteiger partial charge is 0.451 e. The lowest BCUT2D eigenvalue weighted by atomic mass is 10.0. The van der Waals surface area contributed by atoms with E-state index in [1.807, 2.05) is 36.4 Å². The maximum absolute atomic E-state index is 15.7. The third kappa shape index (κ3) is 4.28. The monoisotopic (exact) mass is 544 g/mol. The van der Waals surface area contributed by atoms with Crippen LogP contribution in [0.15, 0.2) is 53.5 Å². The maximum Gasteiger partial charge on any atom is 0.259 e. The molecule has 4 aromatic rings. The molecule has 206 valence electrons. The molecular formula is C30H29FN4O5. The fourth-order valence-corrected chi connectivity index (χ4v) is 5.72. The highest BCUT2D eigenvalue weighted by Gasteiger charge is 2.30. The van der Waals surface area contributed by atoms with E-state index in [0.29, 0.717) is 69.6 Å². The minimum atomic E-state index is -0.603. The van der Waals surface area contributed by atoms with Gasteiger partial charge in [0.15, 0.2) is 17.3 Å². The van der Waals surface area contributed by atoms with E-state index in [0.717, 1.165) is 23.9 Å². The van der Waals surface area contributed by atoms with Crippen LogP contribution in [0.1, 0.15) is 10.4 Å². The van der Waals surface area contributed by atoms with Gasteiger partial charge < -0.3 is 29.0 Å². The van der Waals surface area contributed by atoms with Crippen LogP contribution in [-0.2, 0) is 9.47 Å². The van der Waals surface area contributed by atoms with Gasteiger partial charge in [-0.15, -0.1) is 0 Å². The van der Waals surface area contributed by atoms with Crippen molar-refractivity contribution in [3.8, 4) is 17.2 Å². The fourth-order valence-electron chi connectivity index (χ4n) is 5.72. The van der Waals surface area contributed by atoms with Crippen molar-refractivity contribution in [1.29, 1.82) is 0 Å². The van der Waals surface area contributed by atoms with Gasteiger partial charge >= 0.3 is 0 Å². The van der Waals surface area contributed by atoms with E-state index in [1.165, 1.54) is 6.07 Å². The number of ether oxygens (including phenoxy) is 3. The average molecular weight is 545 g/mol. The first-order valence-electron chi connectivity index (χ1n) is 13.6. The zero-order valence-corrected chi connectivity index (χ0v) is 22.0. The van der Waals surface area contributed by atoms with Crippen molar-refractivity contribution in [2.45, 2.75) is 0 Å². The molecule has 0 atom stereocenters. The Morgan fingerprint density at radius 2 is 1.65 bits per heavy atom. The van der Waals surface area contributed by atoms with Crippen molar-refractivity contribution in [3.05, 3.63) is 70.3 Å². The van der Waals surface area contributed by atoms with Crippen LogP contribution in [0, 0.1) is 5.82 Å². The third-order valence-corrected chi connectivity index (χ3v) is 7.86. The van der Waals surface area contributed by atoms with Gasteiger partial charge in [-0.05, 0) is 29.0 Å². The Hall–Kier alpha value is -3.99. The number of fused-ring (bicyclic) bond motifs is 3. The molecule has 3 aromatic carbocycles. The second-order valence-electron chi connectivity index (χ2n) is 10.3. The van der Waals surface area contributed by atoms with Gasteiger partial charge in [0.25, 0.3) is 5.91 Å². The Bertz CT molecular complexity index is 1690. The van der Waals surface area contributed by atoms with E-state index in [1.54, 1.807) is 15.7 Å². The number of anilines is 1. The molecule has 2 saturated heterocycles. The Labute approximate surface area is 229 Å². The number of hydrogen-bond donors (Lipinski definition) is 1. The summed E-state index contributed by atoms with van der Waals surface area (Å²) in [5.41, 5.74) is 0.782. The van der Waals surface area contributed by atoms with Gasteiger partial charge in [-0.2, -0.15) is 0 Å². The smallest absolute Gasteiger partial charge is 0.259 e. The van der Waals surface area contributed by atoms with E-state index in [9.17, 15) is 9.59 Å². The lowest BCUT2D eigenvalue weighted by Crippen LogP contribution is -2.42. The Balaban J connectivity index is 1.38. The minimum absolute atomic E-state index is 0.00575. The molecule has 1 amide bonds. The number of morpholine rings is 2. The molecule has 0 spiro atoms. The van der Waals surface area contributed by atoms with Crippen molar-refractivity contribution in [3.63, 3.8) is 0 Å². The van der Waals surface area contributed by atoms with Crippen molar-refractivity contribution >= 4 is 33.3 Å². The predicted molar refractivity (Wildman–Crippen MR) is 150 cm³/mol. The van der Waals surface area contributed by atoms with Gasteiger partial charge in [-0.3, -0.25) is 14.5 Å². The van der Waals surface area contributed by atoms with E-state index in [-0.39, 0.29) is 28.3 Å². The van der Waals surface area contributed by atoms with Gasteiger partial charge in [-0.1, -0.05) is 24.3 Å². The zero-order valence-electron chi connectivity index (χ0n) is 22.0. The number of halogens is 1. The summed E-state index contributed by atoms with van der Waals surface area (Å²) >= 11 is 0. The molecule has 4 heterocycles. The number of amides is 1. The molecule has 40 heavy (non-hydrogen) atoms. The lowest BCUT2D eigenvalue weighted by Gasteiger charge is -2.29. The number of nitrogens with zero attached hydrogens (tertiary/aromatic N) is 3. The molecule has 0 saturated carbocycles. The number of nitrogens with one attached hydrogen (secondary N) is 1. The van der Waals surface area contributed by atoms with Crippen LogP contribution in [0.2, 0.25) is 0 Å². The highest BCUT2D eigenvalue weighted by atomic mass is 19.1. The summed E-state index contributed by atoms with van der Waals surface area (Å²) < 4.78 is 34.7. The van der Waals surface area contributed by atoms with Gasteiger partial charge in [0, 0.05) is 45.5 Å². The van der Waals surface area contributed by atoms with Crippen LogP contribution in [-0.4, -0.2) is 86.0 Å². The summed E-state index contributed by atoms with van der Waals surface area (Å²) in [6.45, 7) is 5.82. The van der Waals surface area contributed by atoms with E-state index in [2.05, 4.69) is 10.2 Å². The van der Waals surface area contributed by atoms with Crippen molar-refractivity contribution in [2.24, 2.45) is 0 Å². The second kappa shape index (κ2) is 10.2. The molecule has 0 bridgehead atoms. The van der Waals surface area contributed by atoms with Crippen LogP contribution in [0.25, 0.3) is 27.4 Å². The quantitative estimate of drug-likeness (QED) is 0.362. The van der Waals surface area contributed by atoms with E-state index < -0.39 is 11.2 Å². The van der Waals surface area contributed by atoms with Crippen LogP contribution in [0.5, 0.6) is 11.5 Å². The number of carbonyl (C=O) groups excluding carboxylic acids is 1. The highest BCUT2D eigenvalue weighted by molar-refractivity contribution is 6.02. The van der Waals surface area contributed by atoms with Crippen molar-refractivity contribution < 1.29 is 23.4 Å². The summed E-state index contributed by atoms with van der Waals surface area (Å²) in [5, 5.41) is 5.27. The number of benzene rings is 3. The summed E-state index contributed by atoms with van der Waals surface area (Å²) in [7, 11) is 0. The topological polar surface area (TPSA) is 85.3 Å². The molecule has 10 heteroatoms. The van der Waals surface area contributed by atoms with E-state index >= 15 is 4.39 Å². The SMILES string of the molecule is O=C(c1cn2c3c(c(NCCN4CCOCC4)c(F)cc3c1=O)Oc1cc3ccccc3cc1-2)N1CCOCC1. The van der Waals surface area contributed by atoms with Crippen LogP contribution in [0.4, 0.5) is 10.1 Å². The summed E-state index contributed by atoms with van der Waals surface area (Å²) in [6.07, 6.45) is 1.58. The standard InChI is InChI=1S/C30H29FN4O5/c31-23-17-21-27-29(26(23)32-5-6-33-7-11-38-12-8-33)40-25-16-20-4-2-1-3-19(20)15-24(25)35(27)18-22(28(21)36)30(37)34-9-13-39-14-10-34/h1-4,15-18,32H,5-14H2. The average Bonchev–Trinajstić information content (AvgIpc) is 2.99. The first-order valence-corrected chi connectivity index (χ1v) is 13.6. The number of pyridine rings is 1. The highest BCUT2D eigenvalue weighted by Crippen LogP contribution is 2.46. The predicted octanol–water partition coefficient (Wildman–Crippen LogP) is 3.61. The maximum atomic E-state index is 15.7. The molecule has 0 aliphatic carbocycles. The molecule has 0 radical (unpaired) electrons. The van der Waals surface area contributed by atoms with Crippen LogP contribution < -0.4 is 15.5 Å². The van der Waals surface area contributed by atoms with Crippen LogP contribution >= 0.6 is 0 Å². The van der Waals surface area contributed by atoms with Gasteiger partial charge in [-0.25, -0.2) is 4.39 Å². The fraction of sp³-hybridized carbons (Fsp3) is 0.333. The van der Waals surface area contributed by atoms with E-state index in [4.69, 9.17) is 14.2 Å². The molecule has 1 aromatic heterocycles. The Kier molecular flexibility index (Phi) is 6.38. The Morgan fingerprint density at radius 3 is 2.40 bits per heavy atom. The first kappa shape index (κ1) is 25.0. The normalized spacial score (nSPS) is 17.1. The summed E-state index contributed by atoms with van der Waals surface area (Å²) in [4.78, 5) is 31.1. The molecule has 3 aliphatic rings. The molecule has 3 aliphatic heterocycles. The van der Waals surface area contributed by atoms with Crippen molar-refractivity contribution in [1.82, 2.24) is 14.4 Å². The molecule has 2 fully saturated rings.